The Morgan fingerprint density at radius 1 is 1.08 bits per heavy atom. The lowest BCUT2D eigenvalue weighted by molar-refractivity contribution is 0.0384. The van der Waals surface area contributed by atoms with E-state index in [1.165, 1.54) is 0 Å². The molecule has 0 saturated carbocycles. The van der Waals surface area contributed by atoms with Crippen molar-refractivity contribution in [2.45, 2.75) is 25.0 Å². The standard InChI is InChI=1S/C19H21NO4/c21-18(14-23-15-8-3-1-4-9-15)17-12-7-13-20(17)19(22)24-16-10-5-2-6-11-16/h1-6,8-11,17-18,21H,7,12-14H2. The van der Waals surface area contributed by atoms with E-state index in [1.807, 2.05) is 48.5 Å². The number of hydrogen-bond acceptors (Lipinski definition) is 4. The third-order valence-electron chi connectivity index (χ3n) is 4.09. The van der Waals surface area contributed by atoms with Gasteiger partial charge >= 0.3 is 6.09 Å². The molecule has 1 saturated heterocycles. The second kappa shape index (κ2) is 7.84. The lowest BCUT2D eigenvalue weighted by Crippen LogP contribution is -2.46. The van der Waals surface area contributed by atoms with Gasteiger partial charge in [0.05, 0.1) is 6.04 Å². The fraction of sp³-hybridized carbons (Fsp3) is 0.316. The Morgan fingerprint density at radius 2 is 1.71 bits per heavy atom. The highest BCUT2D eigenvalue weighted by Crippen LogP contribution is 2.23. The fourth-order valence-electron chi connectivity index (χ4n) is 2.88. The molecule has 3 rings (SSSR count). The van der Waals surface area contributed by atoms with Gasteiger partial charge in [-0.15, -0.1) is 0 Å². The number of ether oxygens (including phenoxy) is 2. The average Bonchev–Trinajstić information content (AvgIpc) is 3.11. The maximum absolute atomic E-state index is 12.4. The first-order valence-electron chi connectivity index (χ1n) is 8.13. The first-order chi connectivity index (χ1) is 11.7. The summed E-state index contributed by atoms with van der Waals surface area (Å²) in [6.45, 7) is 0.725. The molecule has 1 aliphatic heterocycles. The van der Waals surface area contributed by atoms with Crippen LogP contribution in [0.25, 0.3) is 0 Å². The number of rotatable bonds is 5. The van der Waals surface area contributed by atoms with Gasteiger partial charge in [0, 0.05) is 6.54 Å². The summed E-state index contributed by atoms with van der Waals surface area (Å²) >= 11 is 0. The molecule has 1 fully saturated rings. The van der Waals surface area contributed by atoms with Gasteiger partial charge in [0.2, 0.25) is 0 Å². The van der Waals surface area contributed by atoms with Crippen molar-refractivity contribution in [3.63, 3.8) is 0 Å². The molecule has 1 N–H and O–H groups in total. The number of aliphatic hydroxyl groups excluding tert-OH is 1. The minimum Gasteiger partial charge on any atom is -0.491 e. The second-order valence-corrected chi connectivity index (χ2v) is 5.78. The summed E-state index contributed by atoms with van der Waals surface area (Å²) in [6, 6.07) is 18.0. The van der Waals surface area contributed by atoms with Gasteiger partial charge in [0.1, 0.15) is 24.2 Å². The number of carbonyl (C=O) groups is 1. The lowest BCUT2D eigenvalue weighted by atomic mass is 10.1. The van der Waals surface area contributed by atoms with Crippen molar-refractivity contribution in [2.75, 3.05) is 13.2 Å². The SMILES string of the molecule is O=C(Oc1ccccc1)N1CCCC1C(O)COc1ccccc1. The van der Waals surface area contributed by atoms with Gasteiger partial charge in [-0.1, -0.05) is 36.4 Å². The Labute approximate surface area is 141 Å². The number of aliphatic hydroxyl groups is 1. The van der Waals surface area contributed by atoms with Crippen LogP contribution in [0.2, 0.25) is 0 Å². The molecule has 24 heavy (non-hydrogen) atoms. The molecule has 1 amide bonds. The van der Waals surface area contributed by atoms with Gasteiger partial charge in [-0.05, 0) is 37.1 Å². The quantitative estimate of drug-likeness (QED) is 0.917. The van der Waals surface area contributed by atoms with Gasteiger partial charge in [-0.2, -0.15) is 0 Å². The third kappa shape index (κ3) is 4.06. The topological polar surface area (TPSA) is 59.0 Å². The Bertz CT molecular complexity index is 647. The molecule has 5 nitrogen and oxygen atoms in total. The average molecular weight is 327 g/mol. The fourth-order valence-corrected chi connectivity index (χ4v) is 2.88. The first-order valence-corrected chi connectivity index (χ1v) is 8.13. The van der Waals surface area contributed by atoms with Crippen molar-refractivity contribution >= 4 is 6.09 Å². The number of para-hydroxylation sites is 2. The summed E-state index contributed by atoms with van der Waals surface area (Å²) in [5.41, 5.74) is 0. The number of hydrogen-bond donors (Lipinski definition) is 1. The Hall–Kier alpha value is -2.53. The van der Waals surface area contributed by atoms with Crippen LogP contribution in [0.4, 0.5) is 4.79 Å². The van der Waals surface area contributed by atoms with E-state index in [0.29, 0.717) is 18.0 Å². The van der Waals surface area contributed by atoms with Crippen molar-refractivity contribution in [2.24, 2.45) is 0 Å². The van der Waals surface area contributed by atoms with Gasteiger partial charge in [0.25, 0.3) is 0 Å². The maximum Gasteiger partial charge on any atom is 0.415 e. The highest BCUT2D eigenvalue weighted by Gasteiger charge is 2.35. The predicted molar refractivity (Wildman–Crippen MR) is 90.1 cm³/mol. The monoisotopic (exact) mass is 327 g/mol. The molecule has 2 atom stereocenters. The zero-order valence-corrected chi connectivity index (χ0v) is 13.4. The number of benzene rings is 2. The highest BCUT2D eigenvalue weighted by atomic mass is 16.6. The van der Waals surface area contributed by atoms with E-state index in [-0.39, 0.29) is 12.6 Å². The zero-order valence-electron chi connectivity index (χ0n) is 13.4. The van der Waals surface area contributed by atoms with Crippen LogP contribution in [0.5, 0.6) is 11.5 Å². The van der Waals surface area contributed by atoms with Crippen LogP contribution in [0.1, 0.15) is 12.8 Å². The smallest absolute Gasteiger partial charge is 0.415 e. The van der Waals surface area contributed by atoms with Crippen molar-refractivity contribution in [3.05, 3.63) is 60.7 Å². The highest BCUT2D eigenvalue weighted by molar-refractivity contribution is 5.71. The van der Waals surface area contributed by atoms with Crippen LogP contribution in [0.3, 0.4) is 0 Å². The minimum atomic E-state index is -0.754. The van der Waals surface area contributed by atoms with Crippen LogP contribution in [-0.4, -0.2) is 41.4 Å². The molecular weight excluding hydrogens is 306 g/mol. The van der Waals surface area contributed by atoms with Crippen LogP contribution in [-0.2, 0) is 0 Å². The minimum absolute atomic E-state index is 0.143. The molecule has 2 aromatic carbocycles. The molecule has 126 valence electrons. The number of carbonyl (C=O) groups excluding carboxylic acids is 1. The molecule has 5 heteroatoms. The lowest BCUT2D eigenvalue weighted by Gasteiger charge is -2.27. The zero-order chi connectivity index (χ0) is 16.8. The molecule has 1 aliphatic rings. The summed E-state index contributed by atoms with van der Waals surface area (Å²) in [6.07, 6.45) is 0.402. The molecule has 0 bridgehead atoms. The summed E-state index contributed by atoms with van der Waals surface area (Å²) in [5.74, 6) is 1.20. The van der Waals surface area contributed by atoms with Gasteiger partial charge in [-0.25, -0.2) is 4.79 Å². The van der Waals surface area contributed by atoms with Crippen LogP contribution in [0, 0.1) is 0 Å². The van der Waals surface area contributed by atoms with Crippen molar-refractivity contribution in [3.8, 4) is 11.5 Å². The van der Waals surface area contributed by atoms with Gasteiger partial charge < -0.3 is 19.5 Å². The number of nitrogens with zero attached hydrogens (tertiary/aromatic N) is 1. The van der Waals surface area contributed by atoms with Crippen LogP contribution < -0.4 is 9.47 Å². The van der Waals surface area contributed by atoms with E-state index in [1.54, 1.807) is 17.0 Å². The van der Waals surface area contributed by atoms with Crippen molar-refractivity contribution < 1.29 is 19.4 Å². The summed E-state index contributed by atoms with van der Waals surface area (Å²) in [7, 11) is 0. The molecule has 0 aromatic heterocycles. The Kier molecular flexibility index (Phi) is 5.33. The molecule has 0 radical (unpaired) electrons. The molecule has 1 heterocycles. The summed E-state index contributed by atoms with van der Waals surface area (Å²) in [4.78, 5) is 13.9. The molecule has 2 aromatic rings. The van der Waals surface area contributed by atoms with E-state index in [2.05, 4.69) is 0 Å². The van der Waals surface area contributed by atoms with Crippen LogP contribution >= 0.6 is 0 Å². The number of amides is 1. The van der Waals surface area contributed by atoms with E-state index in [4.69, 9.17) is 9.47 Å². The third-order valence-corrected chi connectivity index (χ3v) is 4.09. The second-order valence-electron chi connectivity index (χ2n) is 5.78. The maximum atomic E-state index is 12.4. The molecule has 0 aliphatic carbocycles. The van der Waals surface area contributed by atoms with Crippen LogP contribution in [0.15, 0.2) is 60.7 Å². The van der Waals surface area contributed by atoms with Crippen molar-refractivity contribution in [1.82, 2.24) is 4.90 Å². The predicted octanol–water partition coefficient (Wildman–Crippen LogP) is 3.09. The van der Waals surface area contributed by atoms with Gasteiger partial charge in [0.15, 0.2) is 0 Å². The van der Waals surface area contributed by atoms with E-state index < -0.39 is 12.2 Å². The Morgan fingerprint density at radius 3 is 2.38 bits per heavy atom. The van der Waals surface area contributed by atoms with Gasteiger partial charge in [-0.3, -0.25) is 0 Å². The molecule has 2 unspecified atom stereocenters. The van der Waals surface area contributed by atoms with Crippen molar-refractivity contribution in [1.29, 1.82) is 0 Å². The van der Waals surface area contributed by atoms with E-state index >= 15 is 0 Å². The van der Waals surface area contributed by atoms with E-state index in [9.17, 15) is 9.90 Å². The normalized spacial score (nSPS) is 18.2. The van der Waals surface area contributed by atoms with E-state index in [0.717, 1.165) is 12.8 Å². The molecular formula is C19H21NO4. The first kappa shape index (κ1) is 16.3. The Balaban J connectivity index is 1.57. The summed E-state index contributed by atoms with van der Waals surface area (Å²) in [5, 5.41) is 10.4. The number of likely N-dealkylation sites (tertiary alicyclic amines) is 1. The largest absolute Gasteiger partial charge is 0.491 e. The molecule has 0 spiro atoms. The summed E-state index contributed by atoms with van der Waals surface area (Å²) < 4.78 is 11.0.